The highest BCUT2D eigenvalue weighted by atomic mass is 127. The fraction of sp³-hybridized carbons (Fsp3) is 0.417. The average Bonchev–Trinajstić information content (AvgIpc) is 2.41. The lowest BCUT2D eigenvalue weighted by Gasteiger charge is -2.29. The predicted molar refractivity (Wildman–Crippen MR) is 98.1 cm³/mol. The Morgan fingerprint density at radius 1 is 0.960 bits per heavy atom. The third-order valence-corrected chi connectivity index (χ3v) is 4.87. The Hall–Kier alpha value is 0.220. The Bertz CT molecular complexity index is 610. The summed E-state index contributed by atoms with van der Waals surface area (Å²) in [5, 5.41) is 8.82. The molecule has 1 rings (SSSR count). The first-order valence-electron chi connectivity index (χ1n) is 6.02. The Balaban J connectivity index is 2.74. The van der Waals surface area contributed by atoms with Gasteiger partial charge < -0.3 is 14.6 Å². The van der Waals surface area contributed by atoms with Gasteiger partial charge in [-0.05, 0) is 79.9 Å². The molecule has 0 heterocycles. The molecule has 25 heavy (non-hydrogen) atoms. The van der Waals surface area contributed by atoms with Crippen molar-refractivity contribution in [1.82, 2.24) is 0 Å². The first kappa shape index (κ1) is 23.3. The summed E-state index contributed by atoms with van der Waals surface area (Å²) in [5.74, 6) is -2.51. The number of ether oxygens (including phenoxy) is 2. The molecule has 0 aliphatic rings. The highest BCUT2D eigenvalue weighted by Gasteiger charge is 2.76. The smallest absolute Gasteiger partial charge is 0.437 e. The molecule has 0 atom stereocenters. The number of alkyl halides is 6. The second kappa shape index (κ2) is 8.49. The molecular formula is C12H7F6I3O4. The lowest BCUT2D eigenvalue weighted by Crippen LogP contribution is -2.63. The van der Waals surface area contributed by atoms with E-state index >= 15 is 0 Å². The quantitative estimate of drug-likeness (QED) is 0.215. The second-order valence-corrected chi connectivity index (χ2v) is 7.96. The molecule has 0 fully saturated rings. The zero-order valence-electron chi connectivity index (χ0n) is 11.6. The standard InChI is InChI=1S/C12H7F6I3O4/c13-11(14,15)10(23,12(16,17)18)9(22)25-2-1-24-8-6(20)3-5(19)4-7(8)21/h3-4,23H,1-2H2. The number of halogens is 9. The number of rotatable bonds is 5. The van der Waals surface area contributed by atoms with E-state index < -0.39 is 37.1 Å². The SMILES string of the molecule is O=C(OCCOc1c(I)cc(I)cc1I)C(O)(C(F)(F)F)C(F)(F)F. The summed E-state index contributed by atoms with van der Waals surface area (Å²) in [6.45, 7) is -1.41. The molecule has 142 valence electrons. The van der Waals surface area contributed by atoms with E-state index in [0.29, 0.717) is 12.9 Å². The number of benzene rings is 1. The van der Waals surface area contributed by atoms with Crippen LogP contribution in [0.3, 0.4) is 0 Å². The molecule has 0 saturated carbocycles. The minimum Gasteiger partial charge on any atom is -0.488 e. The van der Waals surface area contributed by atoms with E-state index in [9.17, 15) is 31.1 Å². The van der Waals surface area contributed by atoms with Crippen molar-refractivity contribution >= 4 is 73.7 Å². The van der Waals surface area contributed by atoms with Gasteiger partial charge in [-0.25, -0.2) is 4.79 Å². The van der Waals surface area contributed by atoms with E-state index in [4.69, 9.17) is 9.84 Å². The summed E-state index contributed by atoms with van der Waals surface area (Å²) in [5.41, 5.74) is -5.59. The molecular weight excluding hydrogens is 703 g/mol. The zero-order valence-corrected chi connectivity index (χ0v) is 18.1. The van der Waals surface area contributed by atoms with Crippen LogP contribution in [0.15, 0.2) is 12.1 Å². The molecule has 1 aromatic rings. The van der Waals surface area contributed by atoms with E-state index in [2.05, 4.69) is 4.74 Å². The van der Waals surface area contributed by atoms with Crippen molar-refractivity contribution < 1.29 is 45.7 Å². The second-order valence-electron chi connectivity index (χ2n) is 4.39. The Labute approximate surface area is 178 Å². The number of hydrogen-bond acceptors (Lipinski definition) is 4. The molecule has 0 spiro atoms. The molecule has 13 heteroatoms. The normalized spacial score (nSPS) is 12.9. The third kappa shape index (κ3) is 5.36. The van der Waals surface area contributed by atoms with Gasteiger partial charge in [0, 0.05) is 3.57 Å². The van der Waals surface area contributed by atoms with Crippen molar-refractivity contribution in [3.8, 4) is 5.75 Å². The monoisotopic (exact) mass is 710 g/mol. The highest BCUT2D eigenvalue weighted by Crippen LogP contribution is 2.43. The maximum absolute atomic E-state index is 12.5. The van der Waals surface area contributed by atoms with Gasteiger partial charge in [0.1, 0.15) is 19.0 Å². The highest BCUT2D eigenvalue weighted by molar-refractivity contribution is 14.1. The van der Waals surface area contributed by atoms with Gasteiger partial charge in [0.05, 0.1) is 7.14 Å². The molecule has 1 N–H and O–H groups in total. The van der Waals surface area contributed by atoms with Crippen LogP contribution >= 0.6 is 67.8 Å². The van der Waals surface area contributed by atoms with Crippen molar-refractivity contribution in [3.05, 3.63) is 22.8 Å². The van der Waals surface area contributed by atoms with Gasteiger partial charge in [-0.2, -0.15) is 26.3 Å². The van der Waals surface area contributed by atoms with Gasteiger partial charge in [0.2, 0.25) is 0 Å². The molecule has 0 aliphatic heterocycles. The lowest BCUT2D eigenvalue weighted by molar-refractivity contribution is -0.357. The van der Waals surface area contributed by atoms with Gasteiger partial charge in [-0.15, -0.1) is 0 Å². The Morgan fingerprint density at radius 2 is 1.40 bits per heavy atom. The van der Waals surface area contributed by atoms with Gasteiger partial charge in [-0.3, -0.25) is 0 Å². The third-order valence-electron chi connectivity index (χ3n) is 2.64. The lowest BCUT2D eigenvalue weighted by atomic mass is 10.0. The van der Waals surface area contributed by atoms with Crippen molar-refractivity contribution in [3.63, 3.8) is 0 Å². The van der Waals surface area contributed by atoms with Crippen molar-refractivity contribution in [2.75, 3.05) is 13.2 Å². The fourth-order valence-electron chi connectivity index (χ4n) is 1.44. The summed E-state index contributed by atoms with van der Waals surface area (Å²) in [6, 6.07) is 3.47. The summed E-state index contributed by atoms with van der Waals surface area (Å²) in [7, 11) is 0. The van der Waals surface area contributed by atoms with Gasteiger partial charge in [0.15, 0.2) is 0 Å². The van der Waals surface area contributed by atoms with E-state index in [0.717, 1.165) is 3.57 Å². The molecule has 0 aromatic heterocycles. The predicted octanol–water partition coefficient (Wildman–Crippen LogP) is 4.28. The molecule has 0 aliphatic carbocycles. The first-order chi connectivity index (χ1) is 11.2. The van der Waals surface area contributed by atoms with Crippen molar-refractivity contribution in [2.24, 2.45) is 0 Å². The number of carbonyl (C=O) groups excluding carboxylic acids is 1. The summed E-state index contributed by atoms with van der Waals surface area (Å²) >= 11 is 5.91. The van der Waals surface area contributed by atoms with Crippen molar-refractivity contribution in [1.29, 1.82) is 0 Å². The maximum atomic E-state index is 12.5. The summed E-state index contributed by atoms with van der Waals surface area (Å²) in [6.07, 6.45) is -12.5. The first-order valence-corrected chi connectivity index (χ1v) is 9.26. The van der Waals surface area contributed by atoms with Crippen LogP contribution in [0.1, 0.15) is 0 Å². The van der Waals surface area contributed by atoms with Crippen LogP contribution < -0.4 is 4.74 Å². The van der Waals surface area contributed by atoms with E-state index in [-0.39, 0.29) is 0 Å². The van der Waals surface area contributed by atoms with Gasteiger partial charge in [0.25, 0.3) is 0 Å². The molecule has 0 bridgehead atoms. The summed E-state index contributed by atoms with van der Waals surface area (Å²) < 4.78 is 86.1. The minimum atomic E-state index is -6.27. The molecule has 4 nitrogen and oxygen atoms in total. The summed E-state index contributed by atoms with van der Waals surface area (Å²) in [4.78, 5) is 11.2. The largest absolute Gasteiger partial charge is 0.488 e. The minimum absolute atomic E-state index is 0.347. The fourth-order valence-corrected chi connectivity index (χ4v) is 5.34. The van der Waals surface area contributed by atoms with Gasteiger partial charge in [-0.1, -0.05) is 0 Å². The number of aliphatic hydroxyl groups is 1. The van der Waals surface area contributed by atoms with Crippen LogP contribution in [0.4, 0.5) is 26.3 Å². The van der Waals surface area contributed by atoms with E-state index in [1.807, 2.05) is 67.8 Å². The van der Waals surface area contributed by atoms with E-state index in [1.165, 1.54) is 0 Å². The van der Waals surface area contributed by atoms with Crippen LogP contribution in [-0.2, 0) is 9.53 Å². The van der Waals surface area contributed by atoms with Crippen molar-refractivity contribution in [2.45, 2.75) is 18.0 Å². The topological polar surface area (TPSA) is 55.8 Å². The van der Waals surface area contributed by atoms with Gasteiger partial charge >= 0.3 is 23.9 Å². The Morgan fingerprint density at radius 3 is 1.80 bits per heavy atom. The van der Waals surface area contributed by atoms with Crippen LogP contribution in [0, 0.1) is 10.7 Å². The molecule has 1 aromatic carbocycles. The van der Waals surface area contributed by atoms with Crippen LogP contribution in [0.25, 0.3) is 0 Å². The molecule has 0 saturated heterocycles. The zero-order chi connectivity index (χ0) is 19.6. The molecule has 0 radical (unpaired) electrons. The molecule has 0 amide bonds. The number of hydrogen-bond donors (Lipinski definition) is 1. The molecule has 0 unspecified atom stereocenters. The number of carbonyl (C=O) groups is 1. The average molecular weight is 710 g/mol. The van der Waals surface area contributed by atoms with E-state index in [1.54, 1.807) is 12.1 Å². The maximum Gasteiger partial charge on any atom is 0.437 e. The van der Waals surface area contributed by atoms with Crippen LogP contribution in [0.5, 0.6) is 5.75 Å². The van der Waals surface area contributed by atoms with Crippen LogP contribution in [-0.4, -0.2) is 42.2 Å². The number of esters is 1. The Kier molecular flexibility index (Phi) is 7.90. The van der Waals surface area contributed by atoms with Crippen LogP contribution in [0.2, 0.25) is 0 Å².